The van der Waals surface area contributed by atoms with Gasteiger partial charge in [0.15, 0.2) is 0 Å². The Hall–Kier alpha value is -0.740. The maximum absolute atomic E-state index is 3.47. The number of likely N-dealkylation sites (N-methyl/N-ethyl adjacent to an activating group) is 8. The van der Waals surface area contributed by atoms with Crippen LogP contribution in [-0.4, -0.2) is 147 Å². The van der Waals surface area contributed by atoms with Gasteiger partial charge >= 0.3 is 0 Å². The van der Waals surface area contributed by atoms with Crippen LogP contribution in [0.1, 0.15) is 0 Å². The quantitative estimate of drug-likeness (QED) is 0.347. The molecule has 0 bridgehead atoms. The molecule has 12 nitrogen and oxygen atoms in total. The largest absolute Gasteiger partial charge is 0.232 e. The van der Waals surface area contributed by atoms with Crippen molar-refractivity contribution in [3.05, 3.63) is 11.1 Å². The van der Waals surface area contributed by atoms with Crippen molar-refractivity contribution in [1.29, 1.82) is 0 Å². The summed E-state index contributed by atoms with van der Waals surface area (Å²) in [5.74, 6) is 0. The van der Waals surface area contributed by atoms with E-state index in [9.17, 15) is 0 Å². The lowest BCUT2D eigenvalue weighted by molar-refractivity contribution is 0.135. The van der Waals surface area contributed by atoms with Crippen molar-refractivity contribution in [1.82, 2.24) is 62.2 Å². The Kier molecular flexibility index (Phi) is 6.48. The summed E-state index contributed by atoms with van der Waals surface area (Å²) in [7, 11) is 17.1. The van der Waals surface area contributed by atoms with Crippen molar-refractivity contribution in [3.8, 4) is 0 Å². The highest BCUT2D eigenvalue weighted by atomic mass is 15.8. The maximum Gasteiger partial charge on any atom is 0.0624 e. The number of nitrogens with one attached hydrogen (secondary N) is 4. The zero-order chi connectivity index (χ0) is 21.7. The molecule has 0 aromatic rings. The van der Waals surface area contributed by atoms with Crippen molar-refractivity contribution in [2.24, 2.45) is 0 Å². The molecule has 0 radical (unpaired) electrons. The van der Waals surface area contributed by atoms with E-state index in [1.165, 1.54) is 11.1 Å². The number of hydrogen-bond donors (Lipinski definition) is 4. The van der Waals surface area contributed by atoms with E-state index in [0.29, 0.717) is 0 Å². The lowest BCUT2D eigenvalue weighted by atomic mass is 9.84. The van der Waals surface area contributed by atoms with Crippen LogP contribution >= 0.6 is 0 Å². The van der Waals surface area contributed by atoms with Crippen molar-refractivity contribution in [2.45, 2.75) is 24.2 Å². The molecule has 172 valence electrons. The van der Waals surface area contributed by atoms with Crippen molar-refractivity contribution < 1.29 is 0 Å². The number of rotatable bonds is 4. The summed E-state index contributed by atoms with van der Waals surface area (Å²) < 4.78 is 0. The second-order valence-electron chi connectivity index (χ2n) is 9.34. The summed E-state index contributed by atoms with van der Waals surface area (Å²) in [5, 5.41) is 17.8. The molecule has 0 spiro atoms. The van der Waals surface area contributed by atoms with Gasteiger partial charge in [0, 0.05) is 82.6 Å². The molecule has 30 heavy (non-hydrogen) atoms. The fraction of sp³-hybridized carbons (Fsp3) is 0.889. The zero-order valence-electron chi connectivity index (χ0n) is 19.7. The zero-order valence-corrected chi connectivity index (χ0v) is 19.7. The van der Waals surface area contributed by atoms with Gasteiger partial charge in [0.2, 0.25) is 0 Å². The van der Waals surface area contributed by atoms with Gasteiger partial charge in [-0.3, -0.25) is 0 Å². The minimum Gasteiger partial charge on any atom is -0.232 e. The molecule has 4 unspecified atom stereocenters. The van der Waals surface area contributed by atoms with Crippen LogP contribution in [0.15, 0.2) is 11.1 Å². The maximum atomic E-state index is 3.47. The Labute approximate surface area is 180 Å². The molecule has 4 N–H and O–H groups in total. The van der Waals surface area contributed by atoms with E-state index in [2.05, 4.69) is 119 Å². The van der Waals surface area contributed by atoms with Gasteiger partial charge in [-0.1, -0.05) is 0 Å². The highest BCUT2D eigenvalue weighted by Crippen LogP contribution is 2.33. The predicted molar refractivity (Wildman–Crippen MR) is 116 cm³/mol. The van der Waals surface area contributed by atoms with E-state index in [-0.39, 0.29) is 24.2 Å². The minimum absolute atomic E-state index is 0.282. The first-order valence-electron chi connectivity index (χ1n) is 10.7. The Morgan fingerprint density at radius 2 is 0.633 bits per heavy atom. The van der Waals surface area contributed by atoms with Gasteiger partial charge in [0.1, 0.15) is 0 Å². The van der Waals surface area contributed by atoms with E-state index in [1.807, 2.05) is 0 Å². The Bertz CT molecular complexity index is 551. The standard InChI is InChI=1S/C18H40N12/c1-23-9-13(27(5)19-23)17(14-10-24(2)20-28(14)6)18(15-11-25(3)21-29(15)7)16-12-26(4)22-30(16)8/h13-16,19-22H,9-12H2,1-8H3. The van der Waals surface area contributed by atoms with Crippen LogP contribution in [0, 0.1) is 0 Å². The van der Waals surface area contributed by atoms with Gasteiger partial charge in [0.05, 0.1) is 24.2 Å². The molecule has 0 aromatic carbocycles. The molecule has 0 aliphatic carbocycles. The molecule has 4 aliphatic rings. The molecule has 4 fully saturated rings. The first-order valence-corrected chi connectivity index (χ1v) is 10.7. The van der Waals surface area contributed by atoms with Gasteiger partial charge in [-0.05, 0) is 11.1 Å². The van der Waals surface area contributed by atoms with Crippen LogP contribution in [0.3, 0.4) is 0 Å². The van der Waals surface area contributed by atoms with Crippen LogP contribution in [0.25, 0.3) is 0 Å². The molecule has 0 amide bonds. The van der Waals surface area contributed by atoms with E-state index in [0.717, 1.165) is 26.2 Å². The van der Waals surface area contributed by atoms with Crippen LogP contribution in [0.5, 0.6) is 0 Å². The van der Waals surface area contributed by atoms with Crippen LogP contribution in [0.2, 0.25) is 0 Å². The molecule has 0 aromatic heterocycles. The summed E-state index contributed by atoms with van der Waals surface area (Å²) in [6, 6.07) is 1.13. The summed E-state index contributed by atoms with van der Waals surface area (Å²) in [6.45, 7) is 3.79. The van der Waals surface area contributed by atoms with Crippen LogP contribution < -0.4 is 22.1 Å². The second kappa shape index (κ2) is 8.65. The highest BCUT2D eigenvalue weighted by molar-refractivity contribution is 5.36. The molecule has 0 saturated carbocycles. The first-order chi connectivity index (χ1) is 14.2. The minimum atomic E-state index is 0.282. The molecular formula is C18H40N12. The molecule has 4 heterocycles. The second-order valence-corrected chi connectivity index (χ2v) is 9.34. The van der Waals surface area contributed by atoms with Crippen molar-refractivity contribution >= 4 is 0 Å². The third kappa shape index (κ3) is 4.16. The fourth-order valence-corrected chi connectivity index (χ4v) is 5.49. The summed E-state index contributed by atoms with van der Waals surface area (Å²) >= 11 is 0. The van der Waals surface area contributed by atoms with Crippen molar-refractivity contribution in [2.75, 3.05) is 82.6 Å². The van der Waals surface area contributed by atoms with Gasteiger partial charge in [-0.15, -0.1) is 0 Å². The number of hydrogen-bond acceptors (Lipinski definition) is 12. The Morgan fingerprint density at radius 1 is 0.433 bits per heavy atom. The molecule has 4 atom stereocenters. The van der Waals surface area contributed by atoms with Gasteiger partial charge in [-0.25, -0.2) is 40.1 Å². The van der Waals surface area contributed by atoms with Crippen LogP contribution in [-0.2, 0) is 0 Å². The van der Waals surface area contributed by atoms with Gasteiger partial charge in [-0.2, -0.15) is 22.1 Å². The van der Waals surface area contributed by atoms with E-state index < -0.39 is 0 Å². The van der Waals surface area contributed by atoms with E-state index >= 15 is 0 Å². The normalized spacial score (nSPS) is 37.2. The van der Waals surface area contributed by atoms with Crippen LogP contribution in [0.4, 0.5) is 0 Å². The molecular weight excluding hydrogens is 384 g/mol. The highest BCUT2D eigenvalue weighted by Gasteiger charge is 2.45. The topological polar surface area (TPSA) is 74.0 Å². The Balaban J connectivity index is 1.85. The van der Waals surface area contributed by atoms with Gasteiger partial charge < -0.3 is 0 Å². The summed E-state index contributed by atoms with van der Waals surface area (Å²) in [4.78, 5) is 0. The summed E-state index contributed by atoms with van der Waals surface area (Å²) in [6.07, 6.45) is 0. The lowest BCUT2D eigenvalue weighted by Crippen LogP contribution is -2.50. The first kappa shape index (κ1) is 22.5. The Morgan fingerprint density at radius 3 is 0.767 bits per heavy atom. The SMILES string of the molecule is CN1CC(C(=C(C2CN(C)NN2C)C2CN(C)NN2C)C2CN(C)NN2C)N(C)N1. The average Bonchev–Trinajstić information content (AvgIpc) is 3.34. The number of nitrogens with zero attached hydrogens (tertiary/aromatic N) is 8. The monoisotopic (exact) mass is 424 g/mol. The number of hydrazine groups is 8. The smallest absolute Gasteiger partial charge is 0.0624 e. The van der Waals surface area contributed by atoms with E-state index in [4.69, 9.17) is 0 Å². The van der Waals surface area contributed by atoms with E-state index in [1.54, 1.807) is 0 Å². The summed E-state index contributed by atoms with van der Waals surface area (Å²) in [5.41, 5.74) is 16.9. The molecule has 4 saturated heterocycles. The fourth-order valence-electron chi connectivity index (χ4n) is 5.49. The lowest BCUT2D eigenvalue weighted by Gasteiger charge is -2.37. The predicted octanol–water partition coefficient (Wildman–Crippen LogP) is -3.06. The van der Waals surface area contributed by atoms with Gasteiger partial charge in [0.25, 0.3) is 0 Å². The molecule has 4 rings (SSSR count). The third-order valence-corrected chi connectivity index (χ3v) is 6.74. The molecule has 4 aliphatic heterocycles. The van der Waals surface area contributed by atoms with Crippen molar-refractivity contribution in [3.63, 3.8) is 0 Å². The molecule has 12 heteroatoms. The average molecular weight is 425 g/mol. The third-order valence-electron chi connectivity index (χ3n) is 6.74.